The van der Waals surface area contributed by atoms with Gasteiger partial charge in [-0.1, -0.05) is 13.8 Å². The average Bonchev–Trinajstić information content (AvgIpc) is 2.36. The van der Waals surface area contributed by atoms with Crippen LogP contribution < -0.4 is 10.2 Å². The second-order valence-corrected chi connectivity index (χ2v) is 5.27. The SMILES string of the molecule is CCCN(c1ccc(F)cc1C(C)NCC)C(C)C. The van der Waals surface area contributed by atoms with Crippen molar-refractivity contribution in [1.82, 2.24) is 5.32 Å². The van der Waals surface area contributed by atoms with Crippen LogP contribution in [0.3, 0.4) is 0 Å². The first-order valence-corrected chi connectivity index (χ1v) is 7.30. The lowest BCUT2D eigenvalue weighted by molar-refractivity contribution is 0.575. The van der Waals surface area contributed by atoms with Gasteiger partial charge >= 0.3 is 0 Å². The number of anilines is 1. The van der Waals surface area contributed by atoms with Crippen LogP contribution in [0.25, 0.3) is 0 Å². The molecule has 3 heteroatoms. The minimum Gasteiger partial charge on any atom is -0.369 e. The van der Waals surface area contributed by atoms with E-state index in [1.165, 1.54) is 0 Å². The van der Waals surface area contributed by atoms with Gasteiger partial charge < -0.3 is 10.2 Å². The van der Waals surface area contributed by atoms with Crippen molar-refractivity contribution in [1.29, 1.82) is 0 Å². The van der Waals surface area contributed by atoms with Crippen LogP contribution in [0.2, 0.25) is 0 Å². The normalized spacial score (nSPS) is 12.8. The van der Waals surface area contributed by atoms with Crippen LogP contribution in [0, 0.1) is 5.82 Å². The molecule has 19 heavy (non-hydrogen) atoms. The van der Waals surface area contributed by atoms with Gasteiger partial charge in [0, 0.05) is 24.3 Å². The lowest BCUT2D eigenvalue weighted by atomic mass is 10.0. The summed E-state index contributed by atoms with van der Waals surface area (Å²) in [6.07, 6.45) is 1.09. The van der Waals surface area contributed by atoms with Crippen LogP contribution in [0.4, 0.5) is 10.1 Å². The molecule has 0 saturated heterocycles. The number of nitrogens with one attached hydrogen (secondary N) is 1. The summed E-state index contributed by atoms with van der Waals surface area (Å²) in [5.41, 5.74) is 2.19. The number of hydrogen-bond acceptors (Lipinski definition) is 2. The number of hydrogen-bond donors (Lipinski definition) is 1. The molecule has 0 amide bonds. The molecule has 0 spiro atoms. The van der Waals surface area contributed by atoms with Crippen LogP contribution in [0.5, 0.6) is 0 Å². The zero-order valence-electron chi connectivity index (χ0n) is 12.8. The molecule has 1 aromatic rings. The molecule has 108 valence electrons. The molecule has 1 N–H and O–H groups in total. The van der Waals surface area contributed by atoms with Crippen LogP contribution >= 0.6 is 0 Å². The summed E-state index contributed by atoms with van der Waals surface area (Å²) < 4.78 is 13.6. The Kier molecular flexibility index (Phi) is 6.29. The van der Waals surface area contributed by atoms with Crippen LogP contribution in [0.15, 0.2) is 18.2 Å². The molecule has 0 fully saturated rings. The fourth-order valence-corrected chi connectivity index (χ4v) is 2.45. The highest BCUT2D eigenvalue weighted by molar-refractivity contribution is 5.55. The number of nitrogens with zero attached hydrogens (tertiary/aromatic N) is 1. The molecule has 0 aliphatic heterocycles. The van der Waals surface area contributed by atoms with Crippen molar-refractivity contribution in [2.75, 3.05) is 18.0 Å². The van der Waals surface area contributed by atoms with Crippen molar-refractivity contribution in [3.05, 3.63) is 29.6 Å². The van der Waals surface area contributed by atoms with E-state index in [9.17, 15) is 4.39 Å². The van der Waals surface area contributed by atoms with Gasteiger partial charge in [0.15, 0.2) is 0 Å². The van der Waals surface area contributed by atoms with E-state index in [4.69, 9.17) is 0 Å². The van der Waals surface area contributed by atoms with E-state index in [0.717, 1.165) is 30.8 Å². The lowest BCUT2D eigenvalue weighted by Crippen LogP contribution is -2.33. The Morgan fingerprint density at radius 1 is 1.21 bits per heavy atom. The Bertz CT molecular complexity index is 390. The van der Waals surface area contributed by atoms with Gasteiger partial charge in [-0.15, -0.1) is 0 Å². The van der Waals surface area contributed by atoms with E-state index >= 15 is 0 Å². The molecular weight excluding hydrogens is 239 g/mol. The smallest absolute Gasteiger partial charge is 0.123 e. The molecule has 1 rings (SSSR count). The van der Waals surface area contributed by atoms with E-state index in [1.807, 2.05) is 6.07 Å². The highest BCUT2D eigenvalue weighted by atomic mass is 19.1. The highest BCUT2D eigenvalue weighted by Crippen LogP contribution is 2.29. The van der Waals surface area contributed by atoms with Gasteiger partial charge in [0.05, 0.1) is 0 Å². The quantitative estimate of drug-likeness (QED) is 0.798. The maximum absolute atomic E-state index is 13.6. The van der Waals surface area contributed by atoms with Gasteiger partial charge in [0.2, 0.25) is 0 Å². The lowest BCUT2D eigenvalue weighted by Gasteiger charge is -2.32. The molecule has 0 radical (unpaired) electrons. The van der Waals surface area contributed by atoms with E-state index < -0.39 is 0 Å². The summed E-state index contributed by atoms with van der Waals surface area (Å²) in [5.74, 6) is -0.163. The van der Waals surface area contributed by atoms with Crippen molar-refractivity contribution < 1.29 is 4.39 Å². The Balaban J connectivity index is 3.16. The van der Waals surface area contributed by atoms with Gasteiger partial charge in [-0.3, -0.25) is 0 Å². The highest BCUT2D eigenvalue weighted by Gasteiger charge is 2.17. The predicted octanol–water partition coefficient (Wildman–Crippen LogP) is 4.12. The average molecular weight is 266 g/mol. The molecule has 2 nitrogen and oxygen atoms in total. The largest absolute Gasteiger partial charge is 0.369 e. The number of benzene rings is 1. The summed E-state index contributed by atoms with van der Waals surface area (Å²) in [7, 11) is 0. The second-order valence-electron chi connectivity index (χ2n) is 5.27. The number of halogens is 1. The maximum atomic E-state index is 13.6. The minimum absolute atomic E-state index is 0.161. The van der Waals surface area contributed by atoms with E-state index in [1.54, 1.807) is 12.1 Å². The topological polar surface area (TPSA) is 15.3 Å². The summed E-state index contributed by atoms with van der Waals surface area (Å²) >= 11 is 0. The molecule has 1 atom stereocenters. The molecule has 1 aromatic carbocycles. The zero-order chi connectivity index (χ0) is 14.4. The summed E-state index contributed by atoms with van der Waals surface area (Å²) in [6, 6.07) is 5.71. The molecule has 0 heterocycles. The standard InChI is InChI=1S/C16H27FN2/c1-6-10-19(12(3)4)16-9-8-14(17)11-15(16)13(5)18-7-2/h8-9,11-13,18H,6-7,10H2,1-5H3. The second kappa shape index (κ2) is 7.49. The van der Waals surface area contributed by atoms with E-state index in [-0.39, 0.29) is 11.9 Å². The third-order valence-electron chi connectivity index (χ3n) is 3.36. The van der Waals surface area contributed by atoms with E-state index in [0.29, 0.717) is 6.04 Å². The fraction of sp³-hybridized carbons (Fsp3) is 0.625. The van der Waals surface area contributed by atoms with Crippen LogP contribution in [0.1, 0.15) is 52.6 Å². The first-order valence-electron chi connectivity index (χ1n) is 7.30. The van der Waals surface area contributed by atoms with E-state index in [2.05, 4.69) is 44.8 Å². The summed E-state index contributed by atoms with van der Waals surface area (Å²) in [6.45, 7) is 12.6. The summed E-state index contributed by atoms with van der Waals surface area (Å²) in [4.78, 5) is 2.35. The van der Waals surface area contributed by atoms with Crippen molar-refractivity contribution in [2.45, 2.75) is 53.1 Å². The molecule has 0 bridgehead atoms. The number of rotatable bonds is 7. The van der Waals surface area contributed by atoms with Gasteiger partial charge in [0.25, 0.3) is 0 Å². The zero-order valence-corrected chi connectivity index (χ0v) is 12.8. The molecule has 0 aromatic heterocycles. The van der Waals surface area contributed by atoms with Crippen LogP contribution in [-0.4, -0.2) is 19.1 Å². The molecule has 1 unspecified atom stereocenters. The molecular formula is C16H27FN2. The van der Waals surface area contributed by atoms with Crippen molar-refractivity contribution >= 4 is 5.69 Å². The Labute approximate surface area is 117 Å². The maximum Gasteiger partial charge on any atom is 0.123 e. The van der Waals surface area contributed by atoms with Crippen molar-refractivity contribution in [3.8, 4) is 0 Å². The Morgan fingerprint density at radius 2 is 1.89 bits per heavy atom. The van der Waals surface area contributed by atoms with Crippen molar-refractivity contribution in [3.63, 3.8) is 0 Å². The Morgan fingerprint density at radius 3 is 2.42 bits per heavy atom. The van der Waals surface area contributed by atoms with Crippen LogP contribution in [-0.2, 0) is 0 Å². The van der Waals surface area contributed by atoms with Gasteiger partial charge in [-0.2, -0.15) is 0 Å². The summed E-state index contributed by atoms with van der Waals surface area (Å²) in [5, 5.41) is 3.37. The third-order valence-corrected chi connectivity index (χ3v) is 3.36. The van der Waals surface area contributed by atoms with Gasteiger partial charge in [-0.05, 0) is 57.5 Å². The fourth-order valence-electron chi connectivity index (χ4n) is 2.45. The minimum atomic E-state index is -0.163. The monoisotopic (exact) mass is 266 g/mol. The van der Waals surface area contributed by atoms with Crippen molar-refractivity contribution in [2.24, 2.45) is 0 Å². The molecule has 0 aliphatic rings. The molecule has 0 aliphatic carbocycles. The molecule has 0 saturated carbocycles. The van der Waals surface area contributed by atoms with Gasteiger partial charge in [0.1, 0.15) is 5.82 Å². The Hall–Kier alpha value is -1.09. The first-order chi connectivity index (χ1) is 9.01. The van der Waals surface area contributed by atoms with Gasteiger partial charge in [-0.25, -0.2) is 4.39 Å². The first kappa shape index (κ1) is 16.0. The predicted molar refractivity (Wildman–Crippen MR) is 81.3 cm³/mol. The third kappa shape index (κ3) is 4.20.